The minimum atomic E-state index is 0.0398. The molecule has 3 heteroatoms. The average molecular weight is 156 g/mol. The van der Waals surface area contributed by atoms with Gasteiger partial charge in [0.25, 0.3) is 0 Å². The number of carbonyl (C=O) groups excluding carboxylic acids is 1. The van der Waals surface area contributed by atoms with E-state index >= 15 is 0 Å². The third kappa shape index (κ3) is 7.06. The summed E-state index contributed by atoms with van der Waals surface area (Å²) in [6.45, 7) is 6.58. The van der Waals surface area contributed by atoms with E-state index in [9.17, 15) is 4.79 Å². The van der Waals surface area contributed by atoms with E-state index in [2.05, 4.69) is 11.9 Å². The fourth-order valence-corrected chi connectivity index (χ4v) is 0.593. The van der Waals surface area contributed by atoms with Crippen LogP contribution in [0.2, 0.25) is 0 Å². The van der Waals surface area contributed by atoms with Gasteiger partial charge in [-0.3, -0.25) is 4.79 Å². The first-order chi connectivity index (χ1) is 5.02. The number of hydrogen-bond donors (Lipinski definition) is 1. The molecule has 11 heavy (non-hydrogen) atoms. The molecule has 0 fully saturated rings. The summed E-state index contributed by atoms with van der Waals surface area (Å²) in [7, 11) is 3.72. The number of carbonyl (C=O) groups is 1. The summed E-state index contributed by atoms with van der Waals surface area (Å²) in [4.78, 5) is 12.8. The highest BCUT2D eigenvalue weighted by Crippen LogP contribution is 1.82. The lowest BCUT2D eigenvalue weighted by Gasteiger charge is -2.09. The smallest absolute Gasteiger partial charge is 0.234 e. The van der Waals surface area contributed by atoms with Gasteiger partial charge in [0.2, 0.25) is 5.91 Å². The Balaban J connectivity index is 3.45. The number of nitrogens with zero attached hydrogens (tertiary/aromatic N) is 1. The Bertz CT molecular complexity index is 152. The van der Waals surface area contributed by atoms with Gasteiger partial charge in [-0.25, -0.2) is 0 Å². The molecule has 0 saturated heterocycles. The van der Waals surface area contributed by atoms with Gasteiger partial charge >= 0.3 is 0 Å². The lowest BCUT2D eigenvalue weighted by molar-refractivity contribution is -0.121. The molecule has 0 aromatic carbocycles. The predicted octanol–water partition coefficient (Wildman–Crippen LogP) is 0.240. The van der Waals surface area contributed by atoms with Crippen LogP contribution >= 0.6 is 0 Å². The Morgan fingerprint density at radius 3 is 2.45 bits per heavy atom. The van der Waals surface area contributed by atoms with Crippen LogP contribution in [0.4, 0.5) is 0 Å². The van der Waals surface area contributed by atoms with Crippen LogP contribution in [0, 0.1) is 0 Å². The SMILES string of the molecule is C=C(C)CNC(=O)CN(C)C. The molecular weight excluding hydrogens is 140 g/mol. The van der Waals surface area contributed by atoms with Crippen molar-refractivity contribution in [1.82, 2.24) is 10.2 Å². The first-order valence-electron chi connectivity index (χ1n) is 3.58. The first kappa shape index (κ1) is 10.2. The van der Waals surface area contributed by atoms with E-state index in [-0.39, 0.29) is 5.91 Å². The molecule has 0 atom stereocenters. The third-order valence-electron chi connectivity index (χ3n) is 1.05. The van der Waals surface area contributed by atoms with Crippen LogP contribution < -0.4 is 5.32 Å². The Morgan fingerprint density at radius 1 is 1.55 bits per heavy atom. The molecule has 3 nitrogen and oxygen atoms in total. The maximum atomic E-state index is 11.0. The molecule has 0 spiro atoms. The third-order valence-corrected chi connectivity index (χ3v) is 1.05. The molecule has 0 aliphatic carbocycles. The number of rotatable bonds is 4. The van der Waals surface area contributed by atoms with Gasteiger partial charge in [-0.15, -0.1) is 0 Å². The van der Waals surface area contributed by atoms with Gasteiger partial charge < -0.3 is 10.2 Å². The van der Waals surface area contributed by atoms with E-state index in [4.69, 9.17) is 0 Å². The fraction of sp³-hybridized carbons (Fsp3) is 0.625. The van der Waals surface area contributed by atoms with Crippen LogP contribution in [0.15, 0.2) is 12.2 Å². The van der Waals surface area contributed by atoms with E-state index in [0.717, 1.165) is 5.57 Å². The normalized spacial score (nSPS) is 9.82. The highest BCUT2D eigenvalue weighted by atomic mass is 16.1. The summed E-state index contributed by atoms with van der Waals surface area (Å²) in [5.74, 6) is 0.0398. The average Bonchev–Trinajstić information content (AvgIpc) is 1.82. The lowest BCUT2D eigenvalue weighted by atomic mass is 10.3. The van der Waals surface area contributed by atoms with Gasteiger partial charge in [-0.05, 0) is 21.0 Å². The maximum Gasteiger partial charge on any atom is 0.234 e. The number of likely N-dealkylation sites (N-methyl/N-ethyl adjacent to an activating group) is 1. The molecule has 0 aromatic heterocycles. The molecule has 0 rings (SSSR count). The molecule has 0 aliphatic heterocycles. The summed E-state index contributed by atoms with van der Waals surface area (Å²) < 4.78 is 0. The zero-order valence-electron chi connectivity index (χ0n) is 7.48. The van der Waals surface area contributed by atoms with E-state index in [0.29, 0.717) is 13.1 Å². The summed E-state index contributed by atoms with van der Waals surface area (Å²) >= 11 is 0. The van der Waals surface area contributed by atoms with Crippen molar-refractivity contribution in [2.24, 2.45) is 0 Å². The summed E-state index contributed by atoms with van der Waals surface area (Å²) in [6, 6.07) is 0. The van der Waals surface area contributed by atoms with Crippen molar-refractivity contribution in [2.45, 2.75) is 6.92 Å². The molecule has 64 valence electrons. The Kier molecular flexibility index (Phi) is 4.54. The Morgan fingerprint density at radius 2 is 2.09 bits per heavy atom. The number of hydrogen-bond acceptors (Lipinski definition) is 2. The molecule has 1 N–H and O–H groups in total. The minimum absolute atomic E-state index is 0.0398. The van der Waals surface area contributed by atoms with Gasteiger partial charge in [0.15, 0.2) is 0 Å². The molecule has 1 amide bonds. The quantitative estimate of drug-likeness (QED) is 0.591. The molecule has 0 aromatic rings. The highest BCUT2D eigenvalue weighted by Gasteiger charge is 2.00. The topological polar surface area (TPSA) is 32.3 Å². The number of amides is 1. The van der Waals surface area contributed by atoms with E-state index in [1.165, 1.54) is 0 Å². The van der Waals surface area contributed by atoms with E-state index in [1.54, 1.807) is 0 Å². The van der Waals surface area contributed by atoms with Crippen molar-refractivity contribution >= 4 is 5.91 Å². The molecule has 0 saturated carbocycles. The largest absolute Gasteiger partial charge is 0.351 e. The summed E-state index contributed by atoms with van der Waals surface area (Å²) in [6.07, 6.45) is 0. The minimum Gasteiger partial charge on any atom is -0.351 e. The number of nitrogens with one attached hydrogen (secondary N) is 1. The molecule has 0 bridgehead atoms. The summed E-state index contributed by atoms with van der Waals surface area (Å²) in [5, 5.41) is 2.73. The second kappa shape index (κ2) is 4.91. The lowest BCUT2D eigenvalue weighted by Crippen LogP contribution is -2.33. The second-order valence-corrected chi connectivity index (χ2v) is 2.97. The van der Waals surface area contributed by atoms with Crippen molar-refractivity contribution < 1.29 is 4.79 Å². The second-order valence-electron chi connectivity index (χ2n) is 2.97. The Hall–Kier alpha value is -0.830. The molecular formula is C8H16N2O. The maximum absolute atomic E-state index is 11.0. The van der Waals surface area contributed by atoms with Gasteiger partial charge in [-0.2, -0.15) is 0 Å². The summed E-state index contributed by atoms with van der Waals surface area (Å²) in [5.41, 5.74) is 0.970. The van der Waals surface area contributed by atoms with Crippen LogP contribution in [-0.4, -0.2) is 38.0 Å². The van der Waals surface area contributed by atoms with Crippen molar-refractivity contribution in [3.63, 3.8) is 0 Å². The predicted molar refractivity (Wildman–Crippen MR) is 46.4 cm³/mol. The molecule has 0 aliphatic rings. The fourth-order valence-electron chi connectivity index (χ4n) is 0.593. The van der Waals surface area contributed by atoms with Crippen LogP contribution in [-0.2, 0) is 4.79 Å². The van der Waals surface area contributed by atoms with Crippen molar-refractivity contribution in [2.75, 3.05) is 27.2 Å². The molecule has 0 heterocycles. The van der Waals surface area contributed by atoms with Gasteiger partial charge in [0.1, 0.15) is 0 Å². The standard InChI is InChI=1S/C8H16N2O/c1-7(2)5-9-8(11)6-10(3)4/h1,5-6H2,2-4H3,(H,9,11). The van der Waals surface area contributed by atoms with E-state index < -0.39 is 0 Å². The van der Waals surface area contributed by atoms with E-state index in [1.807, 2.05) is 25.9 Å². The van der Waals surface area contributed by atoms with Crippen molar-refractivity contribution in [3.8, 4) is 0 Å². The van der Waals surface area contributed by atoms with Gasteiger partial charge in [0.05, 0.1) is 6.54 Å². The van der Waals surface area contributed by atoms with Gasteiger partial charge in [0, 0.05) is 6.54 Å². The van der Waals surface area contributed by atoms with Crippen molar-refractivity contribution in [3.05, 3.63) is 12.2 Å². The highest BCUT2D eigenvalue weighted by molar-refractivity contribution is 5.78. The monoisotopic (exact) mass is 156 g/mol. The van der Waals surface area contributed by atoms with Crippen LogP contribution in [0.5, 0.6) is 0 Å². The van der Waals surface area contributed by atoms with Crippen LogP contribution in [0.25, 0.3) is 0 Å². The zero-order valence-corrected chi connectivity index (χ0v) is 7.48. The van der Waals surface area contributed by atoms with Crippen LogP contribution in [0.3, 0.4) is 0 Å². The first-order valence-corrected chi connectivity index (χ1v) is 3.58. The van der Waals surface area contributed by atoms with Gasteiger partial charge in [-0.1, -0.05) is 12.2 Å². The Labute approximate surface area is 68.1 Å². The molecule has 0 unspecified atom stereocenters. The zero-order chi connectivity index (χ0) is 8.85. The van der Waals surface area contributed by atoms with Crippen molar-refractivity contribution in [1.29, 1.82) is 0 Å². The van der Waals surface area contributed by atoms with Crippen LogP contribution in [0.1, 0.15) is 6.92 Å². The molecule has 0 radical (unpaired) electrons.